The number of rotatable bonds is 5. The molecule has 0 radical (unpaired) electrons. The summed E-state index contributed by atoms with van der Waals surface area (Å²) in [6, 6.07) is 0. The summed E-state index contributed by atoms with van der Waals surface area (Å²) >= 11 is 0. The van der Waals surface area contributed by atoms with Gasteiger partial charge in [0.1, 0.15) is 12.2 Å². The normalized spacial score (nSPS) is 13.4. The third-order valence-corrected chi connectivity index (χ3v) is 1.65. The Hall–Kier alpha value is -0.900. The van der Waals surface area contributed by atoms with Gasteiger partial charge in [0.15, 0.2) is 5.78 Å². The van der Waals surface area contributed by atoms with E-state index in [2.05, 4.69) is 4.74 Å². The van der Waals surface area contributed by atoms with Gasteiger partial charge >= 0.3 is 5.97 Å². The van der Waals surface area contributed by atoms with Gasteiger partial charge in [0.05, 0.1) is 5.92 Å². The summed E-state index contributed by atoms with van der Waals surface area (Å²) in [6.07, 6.45) is 0.169. The number of hydrogen-bond acceptors (Lipinski definition) is 4. The van der Waals surface area contributed by atoms with Gasteiger partial charge in [-0.1, -0.05) is 6.92 Å². The second-order valence-corrected chi connectivity index (χ2v) is 4.61. The molecule has 88 valence electrons. The lowest BCUT2D eigenvalue weighted by Gasteiger charge is -2.21. The first-order chi connectivity index (χ1) is 6.76. The van der Waals surface area contributed by atoms with Gasteiger partial charge in [-0.2, -0.15) is 0 Å². The number of hydrogen-bond donors (Lipinski definition) is 0. The fourth-order valence-corrected chi connectivity index (χ4v) is 1.05. The van der Waals surface area contributed by atoms with Crippen molar-refractivity contribution in [2.24, 2.45) is 5.92 Å². The highest BCUT2D eigenvalue weighted by Gasteiger charge is 2.23. The lowest BCUT2D eigenvalue weighted by Crippen LogP contribution is -2.29. The molecule has 0 N–H and O–H groups in total. The fraction of sp³-hybridized carbons (Fsp3) is 0.818. The van der Waals surface area contributed by atoms with Gasteiger partial charge in [-0.15, -0.1) is 0 Å². The summed E-state index contributed by atoms with van der Waals surface area (Å²) in [5, 5.41) is 0. The quantitative estimate of drug-likeness (QED) is 0.654. The van der Waals surface area contributed by atoms with Crippen LogP contribution in [0.5, 0.6) is 0 Å². The molecule has 4 nitrogen and oxygen atoms in total. The lowest BCUT2D eigenvalue weighted by molar-refractivity contribution is -0.160. The minimum Gasteiger partial charge on any atom is -0.460 e. The van der Waals surface area contributed by atoms with Crippen molar-refractivity contribution >= 4 is 11.8 Å². The Bertz CT molecular complexity index is 227. The third kappa shape index (κ3) is 7.08. The largest absolute Gasteiger partial charge is 0.460 e. The van der Waals surface area contributed by atoms with Crippen LogP contribution in [0.4, 0.5) is 0 Å². The molecule has 0 heterocycles. The van der Waals surface area contributed by atoms with E-state index in [1.807, 2.05) is 0 Å². The topological polar surface area (TPSA) is 52.6 Å². The van der Waals surface area contributed by atoms with Crippen LogP contribution in [0.25, 0.3) is 0 Å². The van der Waals surface area contributed by atoms with Crippen LogP contribution >= 0.6 is 0 Å². The van der Waals surface area contributed by atoms with E-state index in [4.69, 9.17) is 4.74 Å². The molecule has 4 heteroatoms. The molecule has 0 fully saturated rings. The summed E-state index contributed by atoms with van der Waals surface area (Å²) in [6.45, 7) is 7.13. The Morgan fingerprint density at radius 3 is 2.20 bits per heavy atom. The van der Waals surface area contributed by atoms with Crippen molar-refractivity contribution in [3.63, 3.8) is 0 Å². The summed E-state index contributed by atoms with van der Waals surface area (Å²) in [5.41, 5.74) is -0.504. The number of ether oxygens (including phenoxy) is 2. The zero-order valence-corrected chi connectivity index (χ0v) is 10.1. The van der Waals surface area contributed by atoms with Crippen LogP contribution in [-0.2, 0) is 19.1 Å². The monoisotopic (exact) mass is 216 g/mol. The highest BCUT2D eigenvalue weighted by atomic mass is 16.6. The number of carbonyl (C=O) groups is 2. The van der Waals surface area contributed by atoms with Gasteiger partial charge in [-0.3, -0.25) is 9.59 Å². The SMILES string of the molecule is COCC(=O)CC(C)C(=O)OC(C)(C)C. The zero-order chi connectivity index (χ0) is 12.1. The van der Waals surface area contributed by atoms with Crippen LogP contribution < -0.4 is 0 Å². The fourth-order valence-electron chi connectivity index (χ4n) is 1.05. The molecule has 0 saturated carbocycles. The van der Waals surface area contributed by atoms with Crippen LogP contribution in [0.1, 0.15) is 34.1 Å². The number of carbonyl (C=O) groups excluding carboxylic acids is 2. The number of ketones is 1. The predicted molar refractivity (Wildman–Crippen MR) is 56.5 cm³/mol. The average molecular weight is 216 g/mol. The molecule has 15 heavy (non-hydrogen) atoms. The maximum absolute atomic E-state index is 11.5. The lowest BCUT2D eigenvalue weighted by atomic mass is 10.0. The summed E-state index contributed by atoms with van der Waals surface area (Å²) in [7, 11) is 1.45. The average Bonchev–Trinajstić information content (AvgIpc) is 2.00. The Morgan fingerprint density at radius 2 is 1.80 bits per heavy atom. The van der Waals surface area contributed by atoms with Gasteiger partial charge in [-0.25, -0.2) is 0 Å². The molecule has 0 aromatic carbocycles. The van der Waals surface area contributed by atoms with E-state index in [0.29, 0.717) is 0 Å². The third-order valence-electron chi connectivity index (χ3n) is 1.65. The highest BCUT2D eigenvalue weighted by molar-refractivity contribution is 5.85. The van der Waals surface area contributed by atoms with Gasteiger partial charge in [0.2, 0.25) is 0 Å². The maximum atomic E-state index is 11.5. The second kappa shape index (κ2) is 5.85. The van der Waals surface area contributed by atoms with Gasteiger partial charge < -0.3 is 9.47 Å². The van der Waals surface area contributed by atoms with Crippen molar-refractivity contribution in [2.45, 2.75) is 39.7 Å². The van der Waals surface area contributed by atoms with Gasteiger partial charge in [0.25, 0.3) is 0 Å². The van der Waals surface area contributed by atoms with E-state index in [-0.39, 0.29) is 24.8 Å². The number of Topliss-reactive ketones (excluding diaryl/α,β-unsaturated/α-hetero) is 1. The summed E-state index contributed by atoms with van der Waals surface area (Å²) < 4.78 is 9.83. The van der Waals surface area contributed by atoms with E-state index in [1.54, 1.807) is 27.7 Å². The Labute approximate surface area is 90.9 Å². The Kier molecular flexibility index (Phi) is 5.50. The van der Waals surface area contributed by atoms with Crippen LogP contribution in [0.15, 0.2) is 0 Å². The summed E-state index contributed by atoms with van der Waals surface area (Å²) in [5.74, 6) is -0.838. The molecular weight excluding hydrogens is 196 g/mol. The molecule has 0 aliphatic carbocycles. The van der Waals surface area contributed by atoms with Crippen molar-refractivity contribution in [2.75, 3.05) is 13.7 Å². The minimum absolute atomic E-state index is 0.0487. The molecule has 0 aromatic heterocycles. The minimum atomic E-state index is -0.504. The van der Waals surface area contributed by atoms with Crippen molar-refractivity contribution in [1.82, 2.24) is 0 Å². The maximum Gasteiger partial charge on any atom is 0.309 e. The van der Waals surface area contributed by atoms with Crippen LogP contribution in [0.3, 0.4) is 0 Å². The number of esters is 1. The Balaban J connectivity index is 4.05. The standard InChI is InChI=1S/C11H20O4/c1-8(6-9(12)7-14-5)10(13)15-11(2,3)4/h8H,6-7H2,1-5H3. The van der Waals surface area contributed by atoms with Crippen LogP contribution in [0, 0.1) is 5.92 Å². The molecule has 0 amide bonds. The van der Waals surface area contributed by atoms with Crippen molar-refractivity contribution in [1.29, 1.82) is 0 Å². The molecule has 0 aromatic rings. The van der Waals surface area contributed by atoms with E-state index < -0.39 is 11.5 Å². The molecule has 0 rings (SSSR count). The second-order valence-electron chi connectivity index (χ2n) is 4.61. The van der Waals surface area contributed by atoms with Crippen molar-refractivity contribution in [3.8, 4) is 0 Å². The van der Waals surface area contributed by atoms with E-state index >= 15 is 0 Å². The zero-order valence-electron chi connectivity index (χ0n) is 10.1. The van der Waals surface area contributed by atoms with Crippen molar-refractivity contribution in [3.05, 3.63) is 0 Å². The molecule has 0 bridgehead atoms. The molecule has 1 unspecified atom stereocenters. The van der Waals surface area contributed by atoms with Gasteiger partial charge in [0, 0.05) is 13.5 Å². The molecule has 0 saturated heterocycles. The number of methoxy groups -OCH3 is 1. The predicted octanol–water partition coefficient (Wildman–Crippen LogP) is 1.57. The smallest absolute Gasteiger partial charge is 0.309 e. The molecule has 0 aliphatic rings. The molecular formula is C11H20O4. The van der Waals surface area contributed by atoms with Crippen molar-refractivity contribution < 1.29 is 19.1 Å². The van der Waals surface area contributed by atoms with E-state index in [9.17, 15) is 9.59 Å². The highest BCUT2D eigenvalue weighted by Crippen LogP contribution is 2.13. The Morgan fingerprint density at radius 1 is 1.27 bits per heavy atom. The van der Waals surface area contributed by atoms with E-state index in [1.165, 1.54) is 7.11 Å². The first-order valence-corrected chi connectivity index (χ1v) is 4.99. The first-order valence-electron chi connectivity index (χ1n) is 4.99. The van der Waals surface area contributed by atoms with Crippen LogP contribution in [-0.4, -0.2) is 31.1 Å². The first kappa shape index (κ1) is 14.1. The molecule has 0 spiro atoms. The van der Waals surface area contributed by atoms with Crippen LogP contribution in [0.2, 0.25) is 0 Å². The molecule has 0 aliphatic heterocycles. The van der Waals surface area contributed by atoms with E-state index in [0.717, 1.165) is 0 Å². The molecule has 1 atom stereocenters. The van der Waals surface area contributed by atoms with Gasteiger partial charge in [-0.05, 0) is 20.8 Å². The summed E-state index contributed by atoms with van der Waals surface area (Å²) in [4.78, 5) is 22.7.